The Balaban J connectivity index is 1.82. The number of nitrogens with zero attached hydrogens (tertiary/aromatic N) is 2. The van der Waals surface area contributed by atoms with Crippen LogP contribution in [0.25, 0.3) is 0 Å². The van der Waals surface area contributed by atoms with Crippen LogP contribution in [0.15, 0.2) is 108 Å². The molecule has 1 atom stereocenters. The Hall–Kier alpha value is -4.34. The van der Waals surface area contributed by atoms with Crippen molar-refractivity contribution in [3.8, 4) is 5.75 Å². The van der Waals surface area contributed by atoms with E-state index in [0.29, 0.717) is 17.3 Å². The lowest BCUT2D eigenvalue weighted by molar-refractivity contribution is -0.140. The molecule has 0 aliphatic heterocycles. The van der Waals surface area contributed by atoms with E-state index in [-0.39, 0.29) is 29.5 Å². The van der Waals surface area contributed by atoms with Gasteiger partial charge in [0.15, 0.2) is 0 Å². The Morgan fingerprint density at radius 1 is 0.891 bits per heavy atom. The van der Waals surface area contributed by atoms with Crippen LogP contribution in [0.1, 0.15) is 36.5 Å². The van der Waals surface area contributed by atoms with Crippen LogP contribution in [0.2, 0.25) is 5.02 Å². The fraction of sp³-hybridized carbons (Fsp3) is 0.278. The van der Waals surface area contributed by atoms with Crippen molar-refractivity contribution in [2.24, 2.45) is 0 Å². The number of sulfonamides is 1. The molecule has 0 aromatic heterocycles. The number of ether oxygens (including phenoxy) is 1. The molecule has 0 heterocycles. The summed E-state index contributed by atoms with van der Waals surface area (Å²) in [5.41, 5.74) is 2.61. The third-order valence-electron chi connectivity index (χ3n) is 7.58. The lowest BCUT2D eigenvalue weighted by Crippen LogP contribution is -2.53. The molecule has 4 aromatic carbocycles. The van der Waals surface area contributed by atoms with E-state index in [0.717, 1.165) is 33.8 Å². The molecule has 10 heteroatoms. The lowest BCUT2D eigenvalue weighted by Gasteiger charge is -2.34. The van der Waals surface area contributed by atoms with Crippen LogP contribution in [0.3, 0.4) is 0 Å². The first-order valence-electron chi connectivity index (χ1n) is 15.2. The number of hydrogen-bond donors (Lipinski definition) is 1. The third-order valence-corrected chi connectivity index (χ3v) is 9.61. The van der Waals surface area contributed by atoms with E-state index in [1.165, 1.54) is 24.1 Å². The summed E-state index contributed by atoms with van der Waals surface area (Å²) >= 11 is 6.16. The van der Waals surface area contributed by atoms with Crippen LogP contribution in [-0.4, -0.2) is 51.4 Å². The monoisotopic (exact) mass is 661 g/mol. The minimum Gasteiger partial charge on any atom is -0.495 e. The highest BCUT2D eigenvalue weighted by atomic mass is 35.5. The number of methoxy groups -OCH3 is 1. The fourth-order valence-corrected chi connectivity index (χ4v) is 6.64. The standard InChI is InChI=1S/C36H40ClN3O5S/c1-4-5-22-38-36(42)33(24-28-12-8-6-9-13-28)39(25-29-17-19-30(37)20-18-29)35(41)26-40(32-23-27(2)16-21-34(32)45-3)46(43,44)31-14-10-7-11-15-31/h6-21,23,33H,4-5,22,24-26H2,1-3H3,(H,38,42)/t33-/m0/s1. The number of benzene rings is 4. The average Bonchev–Trinajstić information content (AvgIpc) is 3.06. The van der Waals surface area contributed by atoms with Crippen LogP contribution in [-0.2, 0) is 32.6 Å². The third kappa shape index (κ3) is 8.89. The van der Waals surface area contributed by atoms with Gasteiger partial charge in [-0.1, -0.05) is 91.7 Å². The molecular formula is C36H40ClN3O5S. The van der Waals surface area contributed by atoms with Crippen LogP contribution < -0.4 is 14.4 Å². The number of unbranched alkanes of at least 4 members (excludes halogenated alkanes) is 1. The predicted molar refractivity (Wildman–Crippen MR) is 183 cm³/mol. The Bertz CT molecular complexity index is 1700. The summed E-state index contributed by atoms with van der Waals surface area (Å²) < 4.78 is 35.1. The molecule has 242 valence electrons. The average molecular weight is 662 g/mol. The second kappa shape index (κ2) is 16.3. The molecule has 0 aliphatic rings. The summed E-state index contributed by atoms with van der Waals surface area (Å²) in [5, 5.41) is 3.53. The quantitative estimate of drug-likeness (QED) is 0.149. The van der Waals surface area contributed by atoms with E-state index < -0.39 is 28.5 Å². The van der Waals surface area contributed by atoms with E-state index in [2.05, 4.69) is 5.32 Å². The van der Waals surface area contributed by atoms with Gasteiger partial charge >= 0.3 is 0 Å². The fourth-order valence-electron chi connectivity index (χ4n) is 5.07. The molecule has 0 aliphatic carbocycles. The van der Waals surface area contributed by atoms with E-state index >= 15 is 0 Å². The molecule has 4 rings (SSSR count). The summed E-state index contributed by atoms with van der Waals surface area (Å²) in [7, 11) is -2.79. The molecule has 0 radical (unpaired) electrons. The Labute approximate surface area is 277 Å². The van der Waals surface area contributed by atoms with Gasteiger partial charge in [-0.15, -0.1) is 0 Å². The molecule has 0 saturated heterocycles. The molecule has 4 aromatic rings. The highest BCUT2D eigenvalue weighted by Gasteiger charge is 2.35. The highest BCUT2D eigenvalue weighted by Crippen LogP contribution is 2.34. The number of carbonyl (C=O) groups is 2. The van der Waals surface area contributed by atoms with Crippen molar-refractivity contribution in [2.75, 3.05) is 24.5 Å². The van der Waals surface area contributed by atoms with E-state index in [1.807, 2.05) is 44.2 Å². The van der Waals surface area contributed by atoms with Gasteiger partial charge in [0.25, 0.3) is 10.0 Å². The molecule has 2 amide bonds. The minimum atomic E-state index is -4.25. The second-order valence-corrected chi connectivity index (χ2v) is 13.3. The number of rotatable bonds is 15. The molecule has 0 saturated carbocycles. The highest BCUT2D eigenvalue weighted by molar-refractivity contribution is 7.92. The van der Waals surface area contributed by atoms with Gasteiger partial charge in [0.1, 0.15) is 18.3 Å². The Morgan fingerprint density at radius 3 is 2.17 bits per heavy atom. The molecule has 1 N–H and O–H groups in total. The van der Waals surface area contributed by atoms with Crippen molar-refractivity contribution in [3.05, 3.63) is 125 Å². The van der Waals surface area contributed by atoms with Crippen LogP contribution in [0.4, 0.5) is 5.69 Å². The number of carbonyl (C=O) groups excluding carboxylic acids is 2. The SMILES string of the molecule is CCCCNC(=O)[C@H](Cc1ccccc1)N(Cc1ccc(Cl)cc1)C(=O)CN(c1cc(C)ccc1OC)S(=O)(=O)c1ccccc1. The van der Waals surface area contributed by atoms with E-state index in [4.69, 9.17) is 16.3 Å². The number of anilines is 1. The number of hydrogen-bond acceptors (Lipinski definition) is 5. The van der Waals surface area contributed by atoms with Crippen molar-refractivity contribution in [3.63, 3.8) is 0 Å². The zero-order valence-corrected chi connectivity index (χ0v) is 27.9. The van der Waals surface area contributed by atoms with E-state index in [1.54, 1.807) is 60.7 Å². The molecule has 8 nitrogen and oxygen atoms in total. The van der Waals surface area contributed by atoms with Gasteiger partial charge in [-0.25, -0.2) is 8.42 Å². The maximum atomic E-state index is 14.6. The van der Waals surface area contributed by atoms with Gasteiger partial charge in [-0.05, 0) is 66.4 Å². The van der Waals surface area contributed by atoms with Crippen LogP contribution in [0, 0.1) is 6.92 Å². The van der Waals surface area contributed by atoms with Gasteiger partial charge in [-0.3, -0.25) is 13.9 Å². The number of halogens is 1. The first-order chi connectivity index (χ1) is 22.1. The predicted octanol–water partition coefficient (Wildman–Crippen LogP) is 6.41. The molecule has 0 unspecified atom stereocenters. The lowest BCUT2D eigenvalue weighted by atomic mass is 10.0. The smallest absolute Gasteiger partial charge is 0.264 e. The Kier molecular flexibility index (Phi) is 12.2. The topological polar surface area (TPSA) is 96.0 Å². The number of aryl methyl sites for hydroxylation is 1. The number of amides is 2. The molecule has 0 bridgehead atoms. The summed E-state index contributed by atoms with van der Waals surface area (Å²) in [6.45, 7) is 3.81. The van der Waals surface area contributed by atoms with Gasteiger partial charge in [-0.2, -0.15) is 0 Å². The van der Waals surface area contributed by atoms with Gasteiger partial charge in [0.05, 0.1) is 17.7 Å². The summed E-state index contributed by atoms with van der Waals surface area (Å²) in [6, 6.07) is 28.7. The molecular weight excluding hydrogens is 622 g/mol. The van der Waals surface area contributed by atoms with Crippen molar-refractivity contribution >= 4 is 39.1 Å². The zero-order valence-electron chi connectivity index (χ0n) is 26.4. The van der Waals surface area contributed by atoms with Gasteiger partial charge in [0.2, 0.25) is 11.8 Å². The zero-order chi connectivity index (χ0) is 33.1. The van der Waals surface area contributed by atoms with Crippen molar-refractivity contribution in [2.45, 2.75) is 50.6 Å². The molecule has 0 fully saturated rings. The van der Waals surface area contributed by atoms with Crippen molar-refractivity contribution in [1.29, 1.82) is 0 Å². The maximum Gasteiger partial charge on any atom is 0.264 e. The minimum absolute atomic E-state index is 0.0220. The largest absolute Gasteiger partial charge is 0.495 e. The van der Waals surface area contributed by atoms with Crippen molar-refractivity contribution < 1.29 is 22.7 Å². The summed E-state index contributed by atoms with van der Waals surface area (Å²) in [5.74, 6) is -0.574. The van der Waals surface area contributed by atoms with Crippen molar-refractivity contribution in [1.82, 2.24) is 10.2 Å². The second-order valence-electron chi connectivity index (χ2n) is 11.0. The summed E-state index contributed by atoms with van der Waals surface area (Å²) in [4.78, 5) is 29.9. The maximum absolute atomic E-state index is 14.6. The molecule has 0 spiro atoms. The number of nitrogens with one attached hydrogen (secondary N) is 1. The van der Waals surface area contributed by atoms with Gasteiger partial charge < -0.3 is 15.0 Å². The summed E-state index contributed by atoms with van der Waals surface area (Å²) in [6.07, 6.45) is 1.91. The normalized spacial score (nSPS) is 11.8. The first-order valence-corrected chi connectivity index (χ1v) is 17.0. The molecule has 46 heavy (non-hydrogen) atoms. The Morgan fingerprint density at radius 2 is 1.54 bits per heavy atom. The van der Waals surface area contributed by atoms with Crippen LogP contribution >= 0.6 is 11.6 Å². The van der Waals surface area contributed by atoms with Crippen LogP contribution in [0.5, 0.6) is 5.75 Å². The first kappa shape index (κ1) is 34.5. The van der Waals surface area contributed by atoms with E-state index in [9.17, 15) is 18.0 Å². The van der Waals surface area contributed by atoms with Gasteiger partial charge in [0, 0.05) is 24.5 Å².